The van der Waals surface area contributed by atoms with Gasteiger partial charge in [0.15, 0.2) is 0 Å². The van der Waals surface area contributed by atoms with Crippen LogP contribution in [0, 0.1) is 0 Å². The second kappa shape index (κ2) is 5.97. The van der Waals surface area contributed by atoms with E-state index in [0.29, 0.717) is 6.42 Å². The topological polar surface area (TPSA) is 78.6 Å². The fourth-order valence-electron chi connectivity index (χ4n) is 1.17. The van der Waals surface area contributed by atoms with Crippen molar-refractivity contribution >= 4 is 23.5 Å². The van der Waals surface area contributed by atoms with Crippen LogP contribution in [0.25, 0.3) is 0 Å². The summed E-state index contributed by atoms with van der Waals surface area (Å²) in [4.78, 5) is 22.8. The van der Waals surface area contributed by atoms with Crippen LogP contribution in [0.1, 0.15) is 26.3 Å². The summed E-state index contributed by atoms with van der Waals surface area (Å²) in [5.74, 6) is -0.782. The van der Waals surface area contributed by atoms with E-state index in [1.807, 2.05) is 16.8 Å². The summed E-state index contributed by atoms with van der Waals surface area (Å²) in [6, 6.07) is 0.998. The molecule has 0 radical (unpaired) electrons. The highest BCUT2D eigenvalue weighted by Crippen LogP contribution is 2.10. The zero-order chi connectivity index (χ0) is 13.8. The van der Waals surface area contributed by atoms with E-state index in [0.717, 1.165) is 5.56 Å². The summed E-state index contributed by atoms with van der Waals surface area (Å²) in [7, 11) is 0. The lowest BCUT2D eigenvalue weighted by Crippen LogP contribution is -2.37. The number of rotatable bonds is 3. The lowest BCUT2D eigenvalue weighted by Gasteiger charge is -2.18. The van der Waals surface area contributed by atoms with Crippen molar-refractivity contribution in [2.45, 2.75) is 38.8 Å². The fourth-order valence-corrected chi connectivity index (χ4v) is 1.86. The molecule has 0 fully saturated rings. The van der Waals surface area contributed by atoms with Gasteiger partial charge in [0.25, 0.3) is 0 Å². The van der Waals surface area contributed by atoms with E-state index in [2.05, 4.69) is 4.74 Å². The maximum absolute atomic E-state index is 11.5. The van der Waals surface area contributed by atoms with Gasteiger partial charge in [-0.05, 0) is 49.6 Å². The van der Waals surface area contributed by atoms with Gasteiger partial charge in [0.05, 0.1) is 0 Å². The third kappa shape index (κ3) is 5.29. The second-order valence-corrected chi connectivity index (χ2v) is 5.61. The number of carbonyl (C=O) groups is 2. The van der Waals surface area contributed by atoms with Gasteiger partial charge in [-0.15, -0.1) is 0 Å². The van der Waals surface area contributed by atoms with Gasteiger partial charge in [0.2, 0.25) is 0 Å². The van der Waals surface area contributed by atoms with Crippen LogP contribution in [-0.4, -0.2) is 23.8 Å². The summed E-state index contributed by atoms with van der Waals surface area (Å²) in [6.45, 7) is 5.05. The molecule has 1 heterocycles. The molecule has 6 heteroatoms. The fraction of sp³-hybridized carbons (Fsp3) is 0.500. The predicted molar refractivity (Wildman–Crippen MR) is 68.3 cm³/mol. The van der Waals surface area contributed by atoms with Crippen molar-refractivity contribution in [3.8, 4) is 0 Å². The van der Waals surface area contributed by atoms with Crippen molar-refractivity contribution in [2.75, 3.05) is 0 Å². The van der Waals surface area contributed by atoms with Gasteiger partial charge in [-0.1, -0.05) is 0 Å². The Hall–Kier alpha value is -1.40. The molecule has 1 aromatic heterocycles. The summed E-state index contributed by atoms with van der Waals surface area (Å²) in [5, 5.41) is 3.78. The molecular weight excluding hydrogens is 254 g/mol. The molecule has 2 N–H and O–H groups in total. The number of ether oxygens (including phenoxy) is 2. The molecule has 0 aliphatic rings. The van der Waals surface area contributed by atoms with Gasteiger partial charge >= 0.3 is 12.1 Å². The van der Waals surface area contributed by atoms with Crippen molar-refractivity contribution in [2.24, 2.45) is 5.73 Å². The summed E-state index contributed by atoms with van der Waals surface area (Å²) in [5.41, 5.74) is 5.88. The maximum Gasteiger partial charge on any atom is 0.516 e. The summed E-state index contributed by atoms with van der Waals surface area (Å²) >= 11 is 1.52. The average molecular weight is 271 g/mol. The van der Waals surface area contributed by atoms with E-state index in [-0.39, 0.29) is 0 Å². The highest BCUT2D eigenvalue weighted by molar-refractivity contribution is 7.07. The van der Waals surface area contributed by atoms with Gasteiger partial charge in [0, 0.05) is 0 Å². The Morgan fingerprint density at radius 1 is 1.44 bits per heavy atom. The van der Waals surface area contributed by atoms with Crippen molar-refractivity contribution < 1.29 is 19.1 Å². The first-order chi connectivity index (χ1) is 8.28. The summed E-state index contributed by atoms with van der Waals surface area (Å²) < 4.78 is 9.37. The minimum absolute atomic E-state index is 0.338. The molecule has 0 spiro atoms. The molecule has 18 heavy (non-hydrogen) atoms. The Morgan fingerprint density at radius 3 is 2.61 bits per heavy atom. The number of nitrogens with two attached hydrogens (primary N) is 1. The largest absolute Gasteiger partial charge is 0.516 e. The summed E-state index contributed by atoms with van der Waals surface area (Å²) in [6.07, 6.45) is -0.682. The SMILES string of the molecule is CC(C)(C)OC(=O)OC(=O)[C@@H](N)Cc1ccsc1. The molecule has 1 atom stereocenters. The molecule has 0 saturated carbocycles. The lowest BCUT2D eigenvalue weighted by molar-refractivity contribution is -0.142. The van der Waals surface area contributed by atoms with Gasteiger partial charge in [-0.3, -0.25) is 0 Å². The first-order valence-corrected chi connectivity index (χ1v) is 6.43. The lowest BCUT2D eigenvalue weighted by atomic mass is 10.1. The van der Waals surface area contributed by atoms with E-state index < -0.39 is 23.8 Å². The third-order valence-electron chi connectivity index (χ3n) is 1.91. The smallest absolute Gasteiger partial charge is 0.428 e. The molecule has 0 aliphatic carbocycles. The normalized spacial score (nSPS) is 12.9. The standard InChI is InChI=1S/C12H17NO4S/c1-12(2,3)17-11(15)16-10(14)9(13)6-8-4-5-18-7-8/h4-5,7,9H,6,13H2,1-3H3/t9-/m0/s1. The highest BCUT2D eigenvalue weighted by Gasteiger charge is 2.24. The van der Waals surface area contributed by atoms with Crippen LogP contribution in [-0.2, 0) is 20.7 Å². The molecule has 0 unspecified atom stereocenters. The number of esters is 1. The number of thiophene rings is 1. The predicted octanol–water partition coefficient (Wildman–Crippen LogP) is 2.10. The molecule has 0 bridgehead atoms. The van der Waals surface area contributed by atoms with Gasteiger partial charge in [0.1, 0.15) is 11.6 Å². The third-order valence-corrected chi connectivity index (χ3v) is 2.64. The number of carbonyl (C=O) groups excluding carboxylic acids is 2. The number of hydrogen-bond donors (Lipinski definition) is 1. The van der Waals surface area contributed by atoms with Crippen LogP contribution in [0.15, 0.2) is 16.8 Å². The van der Waals surface area contributed by atoms with E-state index in [1.54, 1.807) is 20.8 Å². The van der Waals surface area contributed by atoms with Crippen molar-refractivity contribution in [1.29, 1.82) is 0 Å². The highest BCUT2D eigenvalue weighted by atomic mass is 32.1. The molecule has 100 valence electrons. The second-order valence-electron chi connectivity index (χ2n) is 4.83. The zero-order valence-corrected chi connectivity index (χ0v) is 11.5. The molecule has 1 aromatic rings. The molecule has 0 amide bonds. The van der Waals surface area contributed by atoms with Crippen LogP contribution in [0.3, 0.4) is 0 Å². The molecule has 5 nitrogen and oxygen atoms in total. The molecule has 1 rings (SSSR count). The van der Waals surface area contributed by atoms with Crippen molar-refractivity contribution in [3.63, 3.8) is 0 Å². The van der Waals surface area contributed by atoms with E-state index in [4.69, 9.17) is 10.5 Å². The Labute approximate surface area is 110 Å². The molecular formula is C12H17NO4S. The molecule has 0 aromatic carbocycles. The van der Waals surface area contributed by atoms with Gasteiger partial charge in [-0.2, -0.15) is 11.3 Å². The van der Waals surface area contributed by atoms with Crippen LogP contribution in [0.2, 0.25) is 0 Å². The minimum atomic E-state index is -1.02. The Balaban J connectivity index is 2.43. The number of hydrogen-bond acceptors (Lipinski definition) is 6. The van der Waals surface area contributed by atoms with Crippen LogP contribution in [0.5, 0.6) is 0 Å². The molecule has 0 aliphatic heterocycles. The zero-order valence-electron chi connectivity index (χ0n) is 10.6. The van der Waals surface area contributed by atoms with E-state index in [9.17, 15) is 9.59 Å². The Kier molecular flexibility index (Phi) is 4.86. The minimum Gasteiger partial charge on any atom is -0.428 e. The monoisotopic (exact) mass is 271 g/mol. The van der Waals surface area contributed by atoms with E-state index in [1.165, 1.54) is 11.3 Å². The first kappa shape index (κ1) is 14.7. The van der Waals surface area contributed by atoms with Crippen LogP contribution >= 0.6 is 11.3 Å². The van der Waals surface area contributed by atoms with Gasteiger partial charge < -0.3 is 15.2 Å². The van der Waals surface area contributed by atoms with Crippen molar-refractivity contribution in [3.05, 3.63) is 22.4 Å². The van der Waals surface area contributed by atoms with Crippen LogP contribution < -0.4 is 5.73 Å². The Morgan fingerprint density at radius 2 is 2.11 bits per heavy atom. The van der Waals surface area contributed by atoms with E-state index >= 15 is 0 Å². The first-order valence-electron chi connectivity index (χ1n) is 5.49. The van der Waals surface area contributed by atoms with Gasteiger partial charge in [-0.25, -0.2) is 9.59 Å². The average Bonchev–Trinajstić information content (AvgIpc) is 2.66. The molecule has 0 saturated heterocycles. The van der Waals surface area contributed by atoms with Crippen molar-refractivity contribution in [1.82, 2.24) is 0 Å². The van der Waals surface area contributed by atoms with Crippen LogP contribution in [0.4, 0.5) is 4.79 Å². The Bertz CT molecular complexity index is 408. The maximum atomic E-state index is 11.5. The quantitative estimate of drug-likeness (QED) is 0.672.